The van der Waals surface area contributed by atoms with Crippen molar-refractivity contribution in [2.45, 2.75) is 33.2 Å². The van der Waals surface area contributed by atoms with Crippen molar-refractivity contribution < 1.29 is 4.79 Å². The number of carbonyl (C=O) groups excluding carboxylic acids is 1. The summed E-state index contributed by atoms with van der Waals surface area (Å²) in [5.74, 6) is 0.123. The summed E-state index contributed by atoms with van der Waals surface area (Å²) in [6.45, 7) is 6.59. The maximum atomic E-state index is 12.7. The van der Waals surface area contributed by atoms with Gasteiger partial charge in [-0.05, 0) is 56.0 Å². The molecule has 1 heterocycles. The van der Waals surface area contributed by atoms with Gasteiger partial charge in [-0.15, -0.1) is 0 Å². The number of carbonyl (C=O) groups is 1. The summed E-state index contributed by atoms with van der Waals surface area (Å²) in [6, 6.07) is 14.5. The number of hydrogen-bond acceptors (Lipinski definition) is 2. The van der Waals surface area contributed by atoms with Crippen LogP contribution < -0.4 is 10.2 Å². The number of aryl methyl sites for hydroxylation is 1. The first-order valence-electron chi connectivity index (χ1n) is 7.78. The normalized spacial score (nSPS) is 16.5. The molecule has 0 saturated heterocycles. The SMILES string of the molecule is Cc1cccc(NCC(=O)N2c3ccccc3C[C@H]2C)c1C. The van der Waals surface area contributed by atoms with Gasteiger partial charge in [-0.1, -0.05) is 30.3 Å². The van der Waals surface area contributed by atoms with Crippen LogP contribution in [0.4, 0.5) is 11.4 Å². The molecule has 0 aliphatic carbocycles. The molecule has 0 unspecified atom stereocenters. The lowest BCUT2D eigenvalue weighted by Crippen LogP contribution is -2.39. The maximum Gasteiger partial charge on any atom is 0.246 e. The lowest BCUT2D eigenvalue weighted by atomic mass is 10.1. The van der Waals surface area contributed by atoms with Crippen LogP contribution in [0.25, 0.3) is 0 Å². The smallest absolute Gasteiger partial charge is 0.246 e. The summed E-state index contributed by atoms with van der Waals surface area (Å²) in [7, 11) is 0. The van der Waals surface area contributed by atoms with Crippen molar-refractivity contribution in [3.05, 3.63) is 59.2 Å². The average molecular weight is 294 g/mol. The van der Waals surface area contributed by atoms with E-state index in [1.165, 1.54) is 16.7 Å². The molecule has 0 bridgehead atoms. The Hall–Kier alpha value is -2.29. The van der Waals surface area contributed by atoms with Crippen molar-refractivity contribution in [1.82, 2.24) is 0 Å². The van der Waals surface area contributed by atoms with Gasteiger partial charge in [0.05, 0.1) is 6.54 Å². The molecule has 0 aromatic heterocycles. The molecule has 1 N–H and O–H groups in total. The molecule has 114 valence electrons. The van der Waals surface area contributed by atoms with Gasteiger partial charge < -0.3 is 10.2 Å². The number of fused-ring (bicyclic) bond motifs is 1. The summed E-state index contributed by atoms with van der Waals surface area (Å²) < 4.78 is 0. The Labute approximate surface area is 132 Å². The van der Waals surface area contributed by atoms with E-state index < -0.39 is 0 Å². The molecular weight excluding hydrogens is 272 g/mol. The Bertz CT molecular complexity index is 708. The van der Waals surface area contributed by atoms with Gasteiger partial charge in [0.25, 0.3) is 0 Å². The number of benzene rings is 2. The topological polar surface area (TPSA) is 32.3 Å². The summed E-state index contributed by atoms with van der Waals surface area (Å²) in [4.78, 5) is 14.6. The number of nitrogens with zero attached hydrogens (tertiary/aromatic N) is 1. The molecule has 1 aliphatic rings. The van der Waals surface area contributed by atoms with Crippen LogP contribution >= 0.6 is 0 Å². The van der Waals surface area contributed by atoms with Gasteiger partial charge in [-0.2, -0.15) is 0 Å². The van der Waals surface area contributed by atoms with E-state index >= 15 is 0 Å². The zero-order chi connectivity index (χ0) is 15.7. The third-order valence-corrected chi connectivity index (χ3v) is 4.51. The molecule has 0 fully saturated rings. The zero-order valence-corrected chi connectivity index (χ0v) is 13.4. The maximum absolute atomic E-state index is 12.7. The van der Waals surface area contributed by atoms with E-state index in [4.69, 9.17) is 0 Å². The van der Waals surface area contributed by atoms with E-state index in [-0.39, 0.29) is 11.9 Å². The second-order valence-corrected chi connectivity index (χ2v) is 6.05. The number of hydrogen-bond donors (Lipinski definition) is 1. The molecule has 0 spiro atoms. The van der Waals surface area contributed by atoms with Gasteiger partial charge in [0.2, 0.25) is 5.91 Å². The second-order valence-electron chi connectivity index (χ2n) is 6.05. The fourth-order valence-corrected chi connectivity index (χ4v) is 3.14. The number of nitrogens with one attached hydrogen (secondary N) is 1. The van der Waals surface area contributed by atoms with Gasteiger partial charge in [0.15, 0.2) is 0 Å². The highest BCUT2D eigenvalue weighted by Crippen LogP contribution is 2.31. The quantitative estimate of drug-likeness (QED) is 0.936. The van der Waals surface area contributed by atoms with Crippen LogP contribution in [0.15, 0.2) is 42.5 Å². The van der Waals surface area contributed by atoms with Gasteiger partial charge in [0.1, 0.15) is 0 Å². The molecule has 3 nitrogen and oxygen atoms in total. The first-order valence-corrected chi connectivity index (χ1v) is 7.78. The standard InChI is InChI=1S/C19H22N2O/c1-13-7-6-9-17(15(13)3)20-12-19(22)21-14(2)11-16-8-4-5-10-18(16)21/h4-10,14,20H,11-12H2,1-3H3/t14-/m1/s1. The lowest BCUT2D eigenvalue weighted by molar-refractivity contribution is -0.117. The van der Waals surface area contributed by atoms with Crippen LogP contribution in [-0.2, 0) is 11.2 Å². The minimum Gasteiger partial charge on any atom is -0.376 e. The van der Waals surface area contributed by atoms with Crippen LogP contribution in [-0.4, -0.2) is 18.5 Å². The van der Waals surface area contributed by atoms with Gasteiger partial charge in [0, 0.05) is 17.4 Å². The van der Waals surface area contributed by atoms with Crippen molar-refractivity contribution >= 4 is 17.3 Å². The van der Waals surface area contributed by atoms with E-state index in [0.29, 0.717) is 6.54 Å². The monoisotopic (exact) mass is 294 g/mol. The summed E-state index contributed by atoms with van der Waals surface area (Å²) >= 11 is 0. The van der Waals surface area contributed by atoms with Gasteiger partial charge in [-0.25, -0.2) is 0 Å². The van der Waals surface area contributed by atoms with E-state index in [9.17, 15) is 4.79 Å². The Morgan fingerprint density at radius 3 is 2.77 bits per heavy atom. The molecule has 3 rings (SSSR count). The van der Waals surface area contributed by atoms with E-state index in [2.05, 4.69) is 38.2 Å². The molecule has 22 heavy (non-hydrogen) atoms. The van der Waals surface area contributed by atoms with Crippen molar-refractivity contribution in [3.63, 3.8) is 0 Å². The number of anilines is 2. The Kier molecular flexibility index (Phi) is 3.88. The zero-order valence-electron chi connectivity index (χ0n) is 13.4. The van der Waals surface area contributed by atoms with Crippen LogP contribution in [0.1, 0.15) is 23.6 Å². The van der Waals surface area contributed by atoms with Crippen LogP contribution in [0, 0.1) is 13.8 Å². The first-order chi connectivity index (χ1) is 10.6. The molecule has 1 atom stereocenters. The highest BCUT2D eigenvalue weighted by atomic mass is 16.2. The van der Waals surface area contributed by atoms with E-state index in [1.807, 2.05) is 35.2 Å². The Morgan fingerprint density at radius 2 is 1.95 bits per heavy atom. The molecule has 1 amide bonds. The summed E-state index contributed by atoms with van der Waals surface area (Å²) in [6.07, 6.45) is 0.936. The Morgan fingerprint density at radius 1 is 1.18 bits per heavy atom. The molecular formula is C19H22N2O. The predicted octanol–water partition coefficient (Wildman–Crippen LogP) is 3.69. The van der Waals surface area contributed by atoms with Crippen molar-refractivity contribution in [2.75, 3.05) is 16.8 Å². The number of para-hydroxylation sites is 1. The highest BCUT2D eigenvalue weighted by Gasteiger charge is 2.30. The first kappa shape index (κ1) is 14.6. The second kappa shape index (κ2) is 5.84. The number of rotatable bonds is 3. The average Bonchev–Trinajstić information content (AvgIpc) is 2.84. The molecule has 2 aromatic carbocycles. The molecule has 0 saturated carbocycles. The summed E-state index contributed by atoms with van der Waals surface area (Å²) in [5.41, 5.74) is 5.79. The fourth-order valence-electron chi connectivity index (χ4n) is 3.14. The van der Waals surface area contributed by atoms with Crippen molar-refractivity contribution in [3.8, 4) is 0 Å². The molecule has 0 radical (unpaired) electrons. The highest BCUT2D eigenvalue weighted by molar-refractivity contribution is 5.98. The minimum atomic E-state index is 0.123. The van der Waals surface area contributed by atoms with Crippen LogP contribution in [0.5, 0.6) is 0 Å². The molecule has 2 aromatic rings. The van der Waals surface area contributed by atoms with E-state index in [1.54, 1.807) is 0 Å². The largest absolute Gasteiger partial charge is 0.376 e. The molecule has 1 aliphatic heterocycles. The van der Waals surface area contributed by atoms with Gasteiger partial charge >= 0.3 is 0 Å². The van der Waals surface area contributed by atoms with Crippen LogP contribution in [0.3, 0.4) is 0 Å². The lowest BCUT2D eigenvalue weighted by Gasteiger charge is -2.23. The predicted molar refractivity (Wildman–Crippen MR) is 91.5 cm³/mol. The number of amides is 1. The third-order valence-electron chi connectivity index (χ3n) is 4.51. The summed E-state index contributed by atoms with van der Waals surface area (Å²) in [5, 5.41) is 3.29. The molecule has 3 heteroatoms. The van der Waals surface area contributed by atoms with Crippen molar-refractivity contribution in [1.29, 1.82) is 0 Å². The third kappa shape index (κ3) is 2.59. The fraction of sp³-hybridized carbons (Fsp3) is 0.316. The van der Waals surface area contributed by atoms with Crippen molar-refractivity contribution in [2.24, 2.45) is 0 Å². The van der Waals surface area contributed by atoms with Crippen LogP contribution in [0.2, 0.25) is 0 Å². The van der Waals surface area contributed by atoms with Gasteiger partial charge in [-0.3, -0.25) is 4.79 Å². The minimum absolute atomic E-state index is 0.123. The van der Waals surface area contributed by atoms with E-state index in [0.717, 1.165) is 17.8 Å². The Balaban J connectivity index is 1.74.